The first-order chi connectivity index (χ1) is 13.1. The van der Waals surface area contributed by atoms with Gasteiger partial charge < -0.3 is 14.5 Å². The van der Waals surface area contributed by atoms with Gasteiger partial charge in [0.25, 0.3) is 5.91 Å². The molecule has 0 bridgehead atoms. The maximum atomic E-state index is 12.6. The topological polar surface area (TPSA) is 122 Å². The SMILES string of the molecule is Cc1ccc(-c2cc(NC(=O)c3sc(NC(=O)OC(C)(C)C)nc3C)n[nH]2)o1. The van der Waals surface area contributed by atoms with Crippen LogP contribution in [0.5, 0.6) is 0 Å². The third-order valence-corrected chi connectivity index (χ3v) is 4.51. The Morgan fingerprint density at radius 1 is 1.21 bits per heavy atom. The van der Waals surface area contributed by atoms with Crippen molar-refractivity contribution in [3.8, 4) is 11.5 Å². The van der Waals surface area contributed by atoms with Gasteiger partial charge in [0.05, 0.1) is 5.69 Å². The summed E-state index contributed by atoms with van der Waals surface area (Å²) < 4.78 is 10.7. The summed E-state index contributed by atoms with van der Waals surface area (Å²) in [5, 5.41) is 12.4. The predicted octanol–water partition coefficient (Wildman–Crippen LogP) is 4.34. The summed E-state index contributed by atoms with van der Waals surface area (Å²) in [5.41, 5.74) is 0.517. The molecule has 3 aromatic heterocycles. The summed E-state index contributed by atoms with van der Waals surface area (Å²) in [6, 6.07) is 5.33. The van der Waals surface area contributed by atoms with Crippen molar-refractivity contribution in [2.75, 3.05) is 10.6 Å². The van der Waals surface area contributed by atoms with Crippen molar-refractivity contribution in [1.29, 1.82) is 0 Å². The van der Waals surface area contributed by atoms with E-state index in [1.165, 1.54) is 0 Å². The highest BCUT2D eigenvalue weighted by atomic mass is 32.1. The van der Waals surface area contributed by atoms with E-state index in [9.17, 15) is 9.59 Å². The van der Waals surface area contributed by atoms with Gasteiger partial charge in [-0.25, -0.2) is 9.78 Å². The molecule has 10 heteroatoms. The zero-order chi connectivity index (χ0) is 20.5. The zero-order valence-electron chi connectivity index (χ0n) is 16.2. The Labute approximate surface area is 165 Å². The molecular weight excluding hydrogens is 382 g/mol. The van der Waals surface area contributed by atoms with Crippen LogP contribution >= 0.6 is 11.3 Å². The average molecular weight is 403 g/mol. The molecule has 0 saturated heterocycles. The summed E-state index contributed by atoms with van der Waals surface area (Å²) >= 11 is 1.06. The molecule has 148 valence electrons. The molecule has 3 rings (SSSR count). The molecule has 0 saturated carbocycles. The quantitative estimate of drug-likeness (QED) is 0.595. The molecule has 3 N–H and O–H groups in total. The lowest BCUT2D eigenvalue weighted by Crippen LogP contribution is -2.27. The third-order valence-electron chi connectivity index (χ3n) is 3.44. The number of anilines is 2. The first-order valence-electron chi connectivity index (χ1n) is 8.52. The number of furan rings is 1. The number of H-pyrrole nitrogens is 1. The second kappa shape index (κ2) is 7.47. The lowest BCUT2D eigenvalue weighted by molar-refractivity contribution is 0.0635. The molecule has 28 heavy (non-hydrogen) atoms. The average Bonchev–Trinajstić information content (AvgIpc) is 3.26. The fourth-order valence-electron chi connectivity index (χ4n) is 2.32. The van der Waals surface area contributed by atoms with Crippen LogP contribution in [0.4, 0.5) is 15.7 Å². The van der Waals surface area contributed by atoms with Crippen molar-refractivity contribution in [2.24, 2.45) is 0 Å². The largest absolute Gasteiger partial charge is 0.460 e. The molecule has 0 aliphatic heterocycles. The second-order valence-corrected chi connectivity index (χ2v) is 8.09. The minimum Gasteiger partial charge on any atom is -0.460 e. The monoisotopic (exact) mass is 403 g/mol. The molecule has 0 radical (unpaired) electrons. The van der Waals surface area contributed by atoms with Crippen LogP contribution in [0.1, 0.15) is 41.9 Å². The third kappa shape index (κ3) is 4.77. The van der Waals surface area contributed by atoms with E-state index < -0.39 is 11.7 Å². The van der Waals surface area contributed by atoms with E-state index in [0.717, 1.165) is 17.1 Å². The van der Waals surface area contributed by atoms with E-state index in [1.807, 2.05) is 19.1 Å². The number of nitrogens with zero attached hydrogens (tertiary/aromatic N) is 2. The first kappa shape index (κ1) is 19.6. The van der Waals surface area contributed by atoms with Gasteiger partial charge in [-0.15, -0.1) is 0 Å². The van der Waals surface area contributed by atoms with E-state index in [2.05, 4.69) is 25.8 Å². The Hall–Kier alpha value is -3.14. The number of ether oxygens (including phenoxy) is 1. The van der Waals surface area contributed by atoms with Gasteiger partial charge in [0.2, 0.25) is 0 Å². The van der Waals surface area contributed by atoms with Crippen LogP contribution < -0.4 is 10.6 Å². The molecule has 0 unspecified atom stereocenters. The number of amides is 2. The Morgan fingerprint density at radius 2 is 1.96 bits per heavy atom. The van der Waals surface area contributed by atoms with Crippen LogP contribution in [0, 0.1) is 13.8 Å². The summed E-state index contributed by atoms with van der Waals surface area (Å²) in [7, 11) is 0. The van der Waals surface area contributed by atoms with E-state index >= 15 is 0 Å². The van der Waals surface area contributed by atoms with Gasteiger partial charge in [0.15, 0.2) is 16.7 Å². The van der Waals surface area contributed by atoms with Gasteiger partial charge in [-0.2, -0.15) is 5.10 Å². The number of carbonyl (C=O) groups excluding carboxylic acids is 2. The number of hydrogen-bond acceptors (Lipinski definition) is 7. The Morgan fingerprint density at radius 3 is 2.61 bits per heavy atom. The molecule has 0 atom stereocenters. The molecular formula is C18H21N5O4S. The summed E-state index contributed by atoms with van der Waals surface area (Å²) in [6.07, 6.45) is -0.626. The number of hydrogen-bond donors (Lipinski definition) is 3. The van der Waals surface area contributed by atoms with Crippen LogP contribution in [0.3, 0.4) is 0 Å². The number of thiazole rings is 1. The van der Waals surface area contributed by atoms with Crippen molar-refractivity contribution in [3.63, 3.8) is 0 Å². The summed E-state index contributed by atoms with van der Waals surface area (Å²) in [6.45, 7) is 8.83. The zero-order valence-corrected chi connectivity index (χ0v) is 17.0. The molecule has 0 spiro atoms. The lowest BCUT2D eigenvalue weighted by Gasteiger charge is -2.18. The molecule has 3 aromatic rings. The highest BCUT2D eigenvalue weighted by Crippen LogP contribution is 2.26. The molecule has 0 aliphatic rings. The highest BCUT2D eigenvalue weighted by Gasteiger charge is 2.21. The number of nitrogens with one attached hydrogen (secondary N) is 3. The van der Waals surface area contributed by atoms with Crippen LogP contribution in [0.2, 0.25) is 0 Å². The Kier molecular flexibility index (Phi) is 5.23. The van der Waals surface area contributed by atoms with Crippen molar-refractivity contribution in [3.05, 3.63) is 34.5 Å². The smallest absolute Gasteiger partial charge is 0.413 e. The van der Waals surface area contributed by atoms with E-state index in [1.54, 1.807) is 33.8 Å². The van der Waals surface area contributed by atoms with Crippen LogP contribution in [-0.4, -0.2) is 32.8 Å². The minimum absolute atomic E-state index is 0.283. The minimum atomic E-state index is -0.626. The molecule has 9 nitrogen and oxygen atoms in total. The maximum Gasteiger partial charge on any atom is 0.413 e. The van der Waals surface area contributed by atoms with E-state index in [4.69, 9.17) is 9.15 Å². The molecule has 0 aliphatic carbocycles. The normalized spacial score (nSPS) is 11.3. The number of rotatable bonds is 4. The van der Waals surface area contributed by atoms with Gasteiger partial charge in [0.1, 0.15) is 21.9 Å². The highest BCUT2D eigenvalue weighted by molar-refractivity contribution is 7.17. The van der Waals surface area contributed by atoms with Gasteiger partial charge in [-0.05, 0) is 46.8 Å². The van der Waals surface area contributed by atoms with Crippen molar-refractivity contribution < 1.29 is 18.7 Å². The summed E-state index contributed by atoms with van der Waals surface area (Å²) in [5.74, 6) is 1.38. The van der Waals surface area contributed by atoms with Crippen molar-refractivity contribution in [1.82, 2.24) is 15.2 Å². The van der Waals surface area contributed by atoms with Crippen LogP contribution in [0.25, 0.3) is 11.5 Å². The number of aryl methyl sites for hydroxylation is 2. The number of carbonyl (C=O) groups is 2. The van der Waals surface area contributed by atoms with Crippen LogP contribution in [0.15, 0.2) is 22.6 Å². The Bertz CT molecular complexity index is 1010. The molecule has 0 fully saturated rings. The molecule has 2 amide bonds. The fraction of sp³-hybridized carbons (Fsp3) is 0.333. The molecule has 0 aromatic carbocycles. The predicted molar refractivity (Wildman–Crippen MR) is 106 cm³/mol. The second-order valence-electron chi connectivity index (χ2n) is 7.09. The molecule has 3 heterocycles. The summed E-state index contributed by atoms with van der Waals surface area (Å²) in [4.78, 5) is 29.0. The van der Waals surface area contributed by atoms with Crippen LogP contribution in [-0.2, 0) is 4.74 Å². The standard InChI is InChI=1S/C18H21N5O4S/c1-9-6-7-12(26-9)11-8-13(23-22-11)20-15(24)14-10(2)19-16(28-14)21-17(25)27-18(3,4)5/h6-8H,1-5H3,(H,19,21,25)(H2,20,22,23,24). The Balaban J connectivity index is 1.67. The number of aromatic nitrogens is 3. The fourth-order valence-corrected chi connectivity index (χ4v) is 3.16. The van der Waals surface area contributed by atoms with Crippen molar-refractivity contribution in [2.45, 2.75) is 40.2 Å². The number of aromatic amines is 1. The lowest BCUT2D eigenvalue weighted by atomic mass is 10.2. The van der Waals surface area contributed by atoms with E-state index in [0.29, 0.717) is 27.8 Å². The van der Waals surface area contributed by atoms with Crippen molar-refractivity contribution >= 4 is 34.3 Å². The van der Waals surface area contributed by atoms with Gasteiger partial charge in [0, 0.05) is 6.07 Å². The maximum absolute atomic E-state index is 12.6. The van der Waals surface area contributed by atoms with Gasteiger partial charge in [-0.1, -0.05) is 11.3 Å². The van der Waals surface area contributed by atoms with Gasteiger partial charge >= 0.3 is 6.09 Å². The van der Waals surface area contributed by atoms with Gasteiger partial charge in [-0.3, -0.25) is 15.2 Å². The van der Waals surface area contributed by atoms with E-state index in [-0.39, 0.29) is 11.0 Å². The first-order valence-corrected chi connectivity index (χ1v) is 9.33.